The lowest BCUT2D eigenvalue weighted by atomic mass is 9.93. The number of rotatable bonds is 6. The zero-order valence-corrected chi connectivity index (χ0v) is 20.7. The molecule has 2 heterocycles. The number of amidine groups is 1. The molecule has 3 amide bonds. The van der Waals surface area contributed by atoms with Crippen LogP contribution in [0.15, 0.2) is 35.3 Å². The van der Waals surface area contributed by atoms with E-state index in [0.29, 0.717) is 30.4 Å². The van der Waals surface area contributed by atoms with Crippen LogP contribution in [0.1, 0.15) is 23.6 Å². The van der Waals surface area contributed by atoms with Crippen LogP contribution in [0.2, 0.25) is 0 Å². The van der Waals surface area contributed by atoms with Crippen molar-refractivity contribution in [3.05, 3.63) is 47.0 Å². The van der Waals surface area contributed by atoms with Crippen LogP contribution in [0.5, 0.6) is 11.5 Å². The van der Waals surface area contributed by atoms with Gasteiger partial charge in [-0.15, -0.1) is 0 Å². The Morgan fingerprint density at radius 2 is 1.59 bits per heavy atom. The highest BCUT2D eigenvalue weighted by molar-refractivity contribution is 6.30. The maximum atomic E-state index is 13.9. The number of anilines is 2. The lowest BCUT2D eigenvalue weighted by molar-refractivity contribution is -0.132. The van der Waals surface area contributed by atoms with Gasteiger partial charge in [-0.1, -0.05) is 6.07 Å². The smallest absolute Gasteiger partial charge is 0.351 e. The number of nitrogens with one attached hydrogen (secondary N) is 1. The van der Waals surface area contributed by atoms with Crippen LogP contribution in [-0.4, -0.2) is 63.2 Å². The Hall–Kier alpha value is -3.59. The standard InChI is InChI=1S/C25H31N5O4/c1-8-30-19-12-16(3)15(2)11-18(19)28(4)22-25(30,23(31)29(5)24(32)27-22)26-14-17-9-10-20(33-6)21(13-17)34-7/h9-13,26H,8,14H2,1-7H3. The Morgan fingerprint density at radius 3 is 2.21 bits per heavy atom. The molecule has 2 aliphatic rings. The lowest BCUT2D eigenvalue weighted by Crippen LogP contribution is -2.78. The SMILES string of the molecule is CCN1c2cc(C)c(C)cc2N(C)C2=NC(=O)N(C)C(=O)C21NCc1ccc(OC)c(OC)c1. The first-order valence-corrected chi connectivity index (χ1v) is 11.2. The molecule has 9 nitrogen and oxygen atoms in total. The molecule has 0 fully saturated rings. The Balaban J connectivity index is 1.86. The highest BCUT2D eigenvalue weighted by atomic mass is 16.5. The summed E-state index contributed by atoms with van der Waals surface area (Å²) in [5.41, 5.74) is 3.59. The van der Waals surface area contributed by atoms with E-state index in [-0.39, 0.29) is 5.91 Å². The van der Waals surface area contributed by atoms with Crippen molar-refractivity contribution in [1.29, 1.82) is 0 Å². The second kappa shape index (κ2) is 8.64. The van der Waals surface area contributed by atoms with Gasteiger partial charge in [0, 0.05) is 27.2 Å². The summed E-state index contributed by atoms with van der Waals surface area (Å²) >= 11 is 0. The maximum absolute atomic E-state index is 13.9. The molecular weight excluding hydrogens is 434 g/mol. The number of urea groups is 1. The van der Waals surface area contributed by atoms with E-state index < -0.39 is 11.7 Å². The number of amides is 3. The quantitative estimate of drug-likeness (QED) is 0.702. The molecule has 180 valence electrons. The summed E-state index contributed by atoms with van der Waals surface area (Å²) in [4.78, 5) is 35.8. The fraction of sp³-hybridized carbons (Fsp3) is 0.400. The number of carbonyl (C=O) groups excluding carboxylic acids is 2. The van der Waals surface area contributed by atoms with Gasteiger partial charge >= 0.3 is 6.03 Å². The van der Waals surface area contributed by atoms with Crippen molar-refractivity contribution in [2.24, 2.45) is 4.99 Å². The molecule has 9 heteroatoms. The second-order valence-electron chi connectivity index (χ2n) is 8.56. The van der Waals surface area contributed by atoms with Gasteiger partial charge in [-0.25, -0.2) is 4.79 Å². The van der Waals surface area contributed by atoms with Crippen molar-refractivity contribution in [3.8, 4) is 11.5 Å². The number of likely N-dealkylation sites (N-methyl/N-ethyl adjacent to an activating group) is 3. The first-order chi connectivity index (χ1) is 16.2. The van der Waals surface area contributed by atoms with Gasteiger partial charge in [0.2, 0.25) is 5.66 Å². The van der Waals surface area contributed by atoms with Gasteiger partial charge in [-0.2, -0.15) is 4.99 Å². The van der Waals surface area contributed by atoms with Crippen LogP contribution < -0.4 is 24.6 Å². The number of nitrogens with zero attached hydrogens (tertiary/aromatic N) is 4. The lowest BCUT2D eigenvalue weighted by Gasteiger charge is -2.53. The molecule has 2 aliphatic heterocycles. The number of fused-ring (bicyclic) bond motifs is 2. The molecule has 4 rings (SSSR count). The number of aryl methyl sites for hydroxylation is 2. The summed E-state index contributed by atoms with van der Waals surface area (Å²) < 4.78 is 10.8. The van der Waals surface area contributed by atoms with Crippen LogP contribution in [0.25, 0.3) is 0 Å². The first kappa shape index (κ1) is 23.6. The van der Waals surface area contributed by atoms with Crippen LogP contribution in [0, 0.1) is 13.8 Å². The first-order valence-electron chi connectivity index (χ1n) is 11.2. The largest absolute Gasteiger partial charge is 0.493 e. The van der Waals surface area contributed by atoms with Crippen molar-refractivity contribution in [3.63, 3.8) is 0 Å². The zero-order chi connectivity index (χ0) is 24.8. The molecular formula is C25H31N5O4. The summed E-state index contributed by atoms with van der Waals surface area (Å²) in [5.74, 6) is 1.21. The highest BCUT2D eigenvalue weighted by Crippen LogP contribution is 2.43. The molecule has 0 spiro atoms. The van der Waals surface area contributed by atoms with Gasteiger partial charge in [0.1, 0.15) is 0 Å². The Kier molecular flexibility index (Phi) is 5.99. The second-order valence-corrected chi connectivity index (χ2v) is 8.56. The number of methoxy groups -OCH3 is 2. The number of imide groups is 1. The van der Waals surface area contributed by atoms with Gasteiger partial charge in [0.05, 0.1) is 25.6 Å². The summed E-state index contributed by atoms with van der Waals surface area (Å²) in [7, 11) is 6.48. The van der Waals surface area contributed by atoms with Crippen LogP contribution in [0.3, 0.4) is 0 Å². The molecule has 0 aromatic heterocycles. The van der Waals surface area contributed by atoms with Gasteiger partial charge < -0.3 is 19.3 Å². The minimum Gasteiger partial charge on any atom is -0.493 e. The zero-order valence-electron chi connectivity index (χ0n) is 20.7. The van der Waals surface area contributed by atoms with Crippen molar-refractivity contribution in [1.82, 2.24) is 10.2 Å². The number of aliphatic imine (C=N–C) groups is 1. The Bertz CT molecular complexity index is 1190. The number of ether oxygens (including phenoxy) is 2. The molecule has 0 saturated carbocycles. The monoisotopic (exact) mass is 465 g/mol. The minimum atomic E-state index is -1.35. The Labute approximate surface area is 199 Å². The number of hydrogen-bond acceptors (Lipinski definition) is 7. The molecule has 1 N–H and O–H groups in total. The third-order valence-electron chi connectivity index (χ3n) is 6.70. The van der Waals surface area contributed by atoms with Crippen molar-refractivity contribution < 1.29 is 19.1 Å². The van der Waals surface area contributed by atoms with E-state index >= 15 is 0 Å². The minimum absolute atomic E-state index is 0.331. The fourth-order valence-electron chi connectivity index (χ4n) is 4.67. The normalized spacial score (nSPS) is 19.6. The van der Waals surface area contributed by atoms with E-state index in [2.05, 4.69) is 29.4 Å². The van der Waals surface area contributed by atoms with E-state index in [4.69, 9.17) is 9.47 Å². The van der Waals surface area contributed by atoms with E-state index in [1.54, 1.807) is 14.2 Å². The molecule has 34 heavy (non-hydrogen) atoms. The molecule has 1 unspecified atom stereocenters. The van der Waals surface area contributed by atoms with Crippen LogP contribution in [0.4, 0.5) is 16.2 Å². The van der Waals surface area contributed by atoms with Gasteiger partial charge in [0.25, 0.3) is 5.91 Å². The van der Waals surface area contributed by atoms with Gasteiger partial charge in [-0.3, -0.25) is 15.0 Å². The summed E-state index contributed by atoms with van der Waals surface area (Å²) in [6.45, 7) is 6.94. The molecule has 0 saturated heterocycles. The van der Waals surface area contributed by atoms with Gasteiger partial charge in [-0.05, 0) is 61.7 Å². The molecule has 2 aromatic carbocycles. The molecule has 0 radical (unpaired) electrons. The molecule has 2 aromatic rings. The predicted molar refractivity (Wildman–Crippen MR) is 132 cm³/mol. The third kappa shape index (κ3) is 3.38. The van der Waals surface area contributed by atoms with E-state index in [0.717, 1.165) is 33.0 Å². The van der Waals surface area contributed by atoms with E-state index in [1.807, 2.05) is 48.9 Å². The van der Waals surface area contributed by atoms with Crippen LogP contribution >= 0.6 is 0 Å². The molecule has 0 aliphatic carbocycles. The average Bonchev–Trinajstić information content (AvgIpc) is 2.84. The third-order valence-corrected chi connectivity index (χ3v) is 6.70. The summed E-state index contributed by atoms with van der Waals surface area (Å²) in [6.07, 6.45) is 0. The highest BCUT2D eigenvalue weighted by Gasteiger charge is 2.58. The topological polar surface area (TPSA) is 86.7 Å². The summed E-state index contributed by atoms with van der Waals surface area (Å²) in [6, 6.07) is 9.18. The van der Waals surface area contributed by atoms with E-state index in [1.165, 1.54) is 7.05 Å². The fourth-order valence-corrected chi connectivity index (χ4v) is 4.67. The van der Waals surface area contributed by atoms with Crippen molar-refractivity contribution in [2.75, 3.05) is 44.7 Å². The number of carbonyl (C=O) groups is 2. The van der Waals surface area contributed by atoms with E-state index in [9.17, 15) is 9.59 Å². The predicted octanol–water partition coefficient (Wildman–Crippen LogP) is 3.07. The summed E-state index contributed by atoms with van der Waals surface area (Å²) in [5, 5.41) is 3.46. The maximum Gasteiger partial charge on any atom is 0.351 e. The van der Waals surface area contributed by atoms with Crippen molar-refractivity contribution >= 4 is 29.1 Å². The van der Waals surface area contributed by atoms with Gasteiger partial charge in [0.15, 0.2) is 17.3 Å². The Morgan fingerprint density at radius 1 is 0.941 bits per heavy atom. The van der Waals surface area contributed by atoms with Crippen molar-refractivity contribution in [2.45, 2.75) is 33.0 Å². The number of hydrogen-bond donors (Lipinski definition) is 1. The molecule has 0 bridgehead atoms. The average molecular weight is 466 g/mol. The number of benzene rings is 2. The molecule has 1 atom stereocenters. The van der Waals surface area contributed by atoms with Crippen LogP contribution in [-0.2, 0) is 11.3 Å².